The monoisotopic (exact) mass is 483 g/mol. The van der Waals surface area contributed by atoms with Crippen LogP contribution in [0.3, 0.4) is 0 Å². The van der Waals surface area contributed by atoms with Gasteiger partial charge in [-0.05, 0) is 81.3 Å². The van der Waals surface area contributed by atoms with E-state index in [-0.39, 0.29) is 17.7 Å². The Kier molecular flexibility index (Phi) is 6.28. The lowest BCUT2D eigenvalue weighted by Crippen LogP contribution is -2.42. The van der Waals surface area contributed by atoms with Gasteiger partial charge in [0.2, 0.25) is 5.79 Å². The Morgan fingerprint density at radius 2 is 1.83 bits per heavy atom. The molecule has 8 heteroatoms. The molecule has 2 N–H and O–H groups in total. The van der Waals surface area contributed by atoms with Crippen molar-refractivity contribution < 1.29 is 28.9 Å². The van der Waals surface area contributed by atoms with Crippen LogP contribution in [-0.4, -0.2) is 34.6 Å². The summed E-state index contributed by atoms with van der Waals surface area (Å²) in [6.07, 6.45) is 3.96. The predicted molar refractivity (Wildman–Crippen MR) is 115 cm³/mol. The van der Waals surface area contributed by atoms with Crippen molar-refractivity contribution in [3.05, 3.63) is 21.7 Å². The molecule has 1 fully saturated rings. The van der Waals surface area contributed by atoms with Gasteiger partial charge in [-0.1, -0.05) is 0 Å². The first-order valence-corrected chi connectivity index (χ1v) is 11.1. The number of carbonyl (C=O) groups is 2. The number of carbonyl (C=O) groups excluding carboxylic acids is 1. The highest BCUT2D eigenvalue weighted by molar-refractivity contribution is 9.10. The molecule has 1 unspecified atom stereocenters. The topological polar surface area (TPSA) is 94.1 Å². The van der Waals surface area contributed by atoms with E-state index in [2.05, 4.69) is 21.2 Å². The lowest BCUT2D eigenvalue weighted by atomic mass is 9.82. The van der Waals surface area contributed by atoms with Crippen LogP contribution in [0.2, 0.25) is 0 Å². The minimum atomic E-state index is -0.996. The van der Waals surface area contributed by atoms with Gasteiger partial charge in [0.15, 0.2) is 11.5 Å². The fourth-order valence-corrected chi connectivity index (χ4v) is 4.68. The molecule has 166 valence electrons. The Labute approximate surface area is 185 Å². The lowest BCUT2D eigenvalue weighted by Gasteiger charge is -2.33. The van der Waals surface area contributed by atoms with Gasteiger partial charge in [-0.15, -0.1) is 0 Å². The van der Waals surface area contributed by atoms with Crippen molar-refractivity contribution in [2.75, 3.05) is 0 Å². The molecule has 1 amide bonds. The molecule has 1 saturated carbocycles. The van der Waals surface area contributed by atoms with Crippen molar-refractivity contribution in [1.29, 1.82) is 0 Å². The maximum Gasteiger partial charge on any atom is 0.407 e. The fourth-order valence-electron chi connectivity index (χ4n) is 4.19. The van der Waals surface area contributed by atoms with Crippen LogP contribution in [0.4, 0.5) is 4.79 Å². The van der Waals surface area contributed by atoms with Gasteiger partial charge >= 0.3 is 12.1 Å². The summed E-state index contributed by atoms with van der Waals surface area (Å²) in [5, 5.41) is 12.4. The van der Waals surface area contributed by atoms with E-state index in [1.165, 1.54) is 0 Å². The molecule has 1 aromatic rings. The number of hydrogen-bond donors (Lipinski definition) is 2. The minimum absolute atomic E-state index is 0.112. The molecule has 1 heterocycles. The molecule has 0 spiro atoms. The number of alkyl carbamates (subject to hydrolysis) is 1. The van der Waals surface area contributed by atoms with Gasteiger partial charge in [-0.3, -0.25) is 0 Å². The van der Waals surface area contributed by atoms with E-state index >= 15 is 0 Å². The number of rotatable bonds is 4. The second-order valence-electron chi connectivity index (χ2n) is 9.40. The van der Waals surface area contributed by atoms with E-state index in [4.69, 9.17) is 14.2 Å². The third-order valence-electron chi connectivity index (χ3n) is 5.53. The maximum absolute atomic E-state index is 12.0. The van der Waals surface area contributed by atoms with Gasteiger partial charge < -0.3 is 24.6 Å². The van der Waals surface area contributed by atoms with Crippen LogP contribution in [-0.2, 0) is 4.74 Å². The number of amides is 1. The van der Waals surface area contributed by atoms with Crippen molar-refractivity contribution in [2.45, 2.75) is 84.2 Å². The molecule has 0 radical (unpaired) electrons. The van der Waals surface area contributed by atoms with Gasteiger partial charge in [0.1, 0.15) is 5.60 Å². The normalized spacial score (nSPS) is 25.7. The van der Waals surface area contributed by atoms with Crippen molar-refractivity contribution in [1.82, 2.24) is 5.32 Å². The maximum atomic E-state index is 12.0. The number of fused-ring (bicyclic) bond motifs is 1. The quantitative estimate of drug-likeness (QED) is 0.593. The number of carboxylic acid groups (broad SMARTS) is 1. The standard InChI is InChI=1S/C22H30BrNO6/c1-12-15(19(25)26)10-16(23)18-17(12)28-22(5,29-18)11-13-6-8-14(9-7-13)24-20(27)30-21(2,3)4/h10,13-14H,6-9,11H2,1-5H3,(H,24,27)(H,25,26)/t13-,14-,22?. The summed E-state index contributed by atoms with van der Waals surface area (Å²) in [4.78, 5) is 23.5. The van der Waals surface area contributed by atoms with E-state index in [0.717, 1.165) is 25.7 Å². The zero-order valence-corrected chi connectivity index (χ0v) is 19.7. The molecule has 1 aliphatic heterocycles. The van der Waals surface area contributed by atoms with Gasteiger partial charge in [0.25, 0.3) is 0 Å². The van der Waals surface area contributed by atoms with Crippen LogP contribution >= 0.6 is 15.9 Å². The first-order chi connectivity index (χ1) is 13.9. The molecule has 1 atom stereocenters. The molecule has 0 saturated heterocycles. The number of hydrogen-bond acceptors (Lipinski definition) is 5. The van der Waals surface area contributed by atoms with E-state index in [1.54, 1.807) is 13.0 Å². The van der Waals surface area contributed by atoms with Gasteiger partial charge in [0.05, 0.1) is 10.0 Å². The van der Waals surface area contributed by atoms with E-state index < -0.39 is 17.4 Å². The number of ether oxygens (including phenoxy) is 3. The highest BCUT2D eigenvalue weighted by Crippen LogP contribution is 2.50. The number of halogens is 1. The molecule has 0 aromatic heterocycles. The first kappa shape index (κ1) is 22.7. The molecule has 1 aliphatic carbocycles. The average Bonchev–Trinajstić information content (AvgIpc) is 2.96. The number of benzene rings is 1. The van der Waals surface area contributed by atoms with Crippen LogP contribution in [0.5, 0.6) is 11.5 Å². The van der Waals surface area contributed by atoms with Gasteiger partial charge in [0, 0.05) is 24.9 Å². The second kappa shape index (κ2) is 8.29. The van der Waals surface area contributed by atoms with Crippen LogP contribution < -0.4 is 14.8 Å². The molecule has 7 nitrogen and oxygen atoms in total. The Morgan fingerprint density at radius 1 is 1.23 bits per heavy atom. The zero-order valence-electron chi connectivity index (χ0n) is 18.1. The summed E-state index contributed by atoms with van der Waals surface area (Å²) in [6.45, 7) is 9.18. The number of carboxylic acids is 1. The second-order valence-corrected chi connectivity index (χ2v) is 10.3. The van der Waals surface area contributed by atoms with Crippen LogP contribution in [0.25, 0.3) is 0 Å². The molecule has 0 bridgehead atoms. The summed E-state index contributed by atoms with van der Waals surface area (Å²) >= 11 is 3.41. The summed E-state index contributed by atoms with van der Waals surface area (Å²) in [5.41, 5.74) is 0.256. The highest BCUT2D eigenvalue weighted by Gasteiger charge is 2.42. The molecular weight excluding hydrogens is 454 g/mol. The summed E-state index contributed by atoms with van der Waals surface area (Å²) < 4.78 is 18.2. The van der Waals surface area contributed by atoms with Crippen molar-refractivity contribution >= 4 is 28.0 Å². The minimum Gasteiger partial charge on any atom is -0.478 e. The van der Waals surface area contributed by atoms with E-state index in [0.29, 0.717) is 33.9 Å². The Balaban J connectivity index is 1.58. The summed E-state index contributed by atoms with van der Waals surface area (Å²) in [7, 11) is 0. The fraction of sp³-hybridized carbons (Fsp3) is 0.636. The average molecular weight is 484 g/mol. The highest BCUT2D eigenvalue weighted by atomic mass is 79.9. The molecule has 3 rings (SSSR count). The number of nitrogens with one attached hydrogen (secondary N) is 1. The van der Waals surface area contributed by atoms with E-state index in [1.807, 2.05) is 27.7 Å². The van der Waals surface area contributed by atoms with Crippen molar-refractivity contribution in [3.8, 4) is 11.5 Å². The predicted octanol–water partition coefficient (Wildman–Crippen LogP) is 5.42. The summed E-state index contributed by atoms with van der Waals surface area (Å²) in [5.74, 6) is -0.407. The van der Waals surface area contributed by atoms with Crippen LogP contribution in [0, 0.1) is 12.8 Å². The Morgan fingerprint density at radius 3 is 2.40 bits per heavy atom. The van der Waals surface area contributed by atoms with Crippen molar-refractivity contribution in [2.24, 2.45) is 5.92 Å². The lowest BCUT2D eigenvalue weighted by molar-refractivity contribution is -0.0836. The third-order valence-corrected chi connectivity index (χ3v) is 6.12. The first-order valence-electron chi connectivity index (χ1n) is 10.3. The molecule has 30 heavy (non-hydrogen) atoms. The SMILES string of the molecule is Cc1c(C(=O)O)cc(Br)c2c1OC(C)(C[C@H]1CC[C@H](NC(=O)OC(C)(C)C)CC1)O2. The van der Waals surface area contributed by atoms with E-state index in [9.17, 15) is 14.7 Å². The summed E-state index contributed by atoms with van der Waals surface area (Å²) in [6, 6.07) is 1.67. The zero-order chi connectivity index (χ0) is 22.3. The van der Waals surface area contributed by atoms with Crippen LogP contribution in [0.15, 0.2) is 10.5 Å². The largest absolute Gasteiger partial charge is 0.478 e. The molecule has 1 aromatic carbocycles. The van der Waals surface area contributed by atoms with Gasteiger partial charge in [-0.2, -0.15) is 0 Å². The van der Waals surface area contributed by atoms with Gasteiger partial charge in [-0.25, -0.2) is 9.59 Å². The molecular formula is C22H30BrNO6. The number of aromatic carboxylic acids is 1. The smallest absolute Gasteiger partial charge is 0.407 e. The molecule has 2 aliphatic rings. The Bertz CT molecular complexity index is 841. The van der Waals surface area contributed by atoms with Crippen molar-refractivity contribution in [3.63, 3.8) is 0 Å². The van der Waals surface area contributed by atoms with Crippen LogP contribution in [0.1, 0.15) is 75.7 Å². The third kappa shape index (κ3) is 5.20. The Hall–Kier alpha value is -1.96.